The predicted molar refractivity (Wildman–Crippen MR) is 67.2 cm³/mol. The summed E-state index contributed by atoms with van der Waals surface area (Å²) in [6.07, 6.45) is 5.52. The fourth-order valence-electron chi connectivity index (χ4n) is 1.78. The molecule has 0 amide bonds. The van der Waals surface area contributed by atoms with E-state index < -0.39 is 0 Å². The third kappa shape index (κ3) is 1.98. The number of aromatic nitrogens is 4. The fourth-order valence-corrected chi connectivity index (χ4v) is 1.78. The molecule has 5 heteroatoms. The highest BCUT2D eigenvalue weighted by atomic mass is 16.1. The molecular formula is C13H10N4O. The van der Waals surface area contributed by atoms with Crippen molar-refractivity contribution in [1.29, 1.82) is 0 Å². The van der Waals surface area contributed by atoms with Crippen LogP contribution in [0.25, 0.3) is 11.2 Å². The summed E-state index contributed by atoms with van der Waals surface area (Å²) in [6, 6.07) is 7.38. The number of nitrogens with zero attached hydrogens (tertiary/aromatic N) is 3. The maximum absolute atomic E-state index is 11.9. The quantitative estimate of drug-likeness (QED) is 0.730. The third-order valence-corrected chi connectivity index (χ3v) is 2.63. The average Bonchev–Trinajstić information content (AvgIpc) is 2.41. The van der Waals surface area contributed by atoms with Gasteiger partial charge in [0, 0.05) is 25.0 Å². The van der Waals surface area contributed by atoms with Crippen LogP contribution in [-0.2, 0) is 6.42 Å². The molecule has 0 aliphatic carbocycles. The van der Waals surface area contributed by atoms with Crippen molar-refractivity contribution in [2.75, 3.05) is 0 Å². The lowest BCUT2D eigenvalue weighted by atomic mass is 10.1. The van der Waals surface area contributed by atoms with Gasteiger partial charge in [0.25, 0.3) is 5.56 Å². The molecule has 3 aromatic heterocycles. The molecule has 1 N–H and O–H groups in total. The van der Waals surface area contributed by atoms with Gasteiger partial charge in [0.1, 0.15) is 11.2 Å². The molecule has 0 saturated heterocycles. The molecule has 0 fully saturated rings. The summed E-state index contributed by atoms with van der Waals surface area (Å²) in [4.78, 5) is 27.0. The fraction of sp³-hybridized carbons (Fsp3) is 0.0769. The van der Waals surface area contributed by atoms with Crippen LogP contribution in [0.15, 0.2) is 47.7 Å². The number of aromatic amines is 1. The summed E-state index contributed by atoms with van der Waals surface area (Å²) in [5, 5.41) is 0. The Kier molecular flexibility index (Phi) is 2.57. The molecule has 0 spiro atoms. The van der Waals surface area contributed by atoms with Crippen LogP contribution in [0.2, 0.25) is 0 Å². The van der Waals surface area contributed by atoms with Crippen molar-refractivity contribution in [3.05, 3.63) is 64.5 Å². The van der Waals surface area contributed by atoms with E-state index >= 15 is 0 Å². The van der Waals surface area contributed by atoms with Crippen molar-refractivity contribution >= 4 is 11.2 Å². The minimum absolute atomic E-state index is 0.204. The molecule has 0 aliphatic heterocycles. The standard InChI is InChI=1S/C13H10N4O/c18-13-11(7-9-3-1-5-14-8-9)16-10-4-2-6-15-12(10)17-13/h1-6,8H,7H2,(H,15,17,18). The van der Waals surface area contributed by atoms with Crippen LogP contribution < -0.4 is 5.56 Å². The van der Waals surface area contributed by atoms with Gasteiger partial charge >= 0.3 is 0 Å². The van der Waals surface area contributed by atoms with Crippen LogP contribution in [0.1, 0.15) is 11.3 Å². The van der Waals surface area contributed by atoms with E-state index in [1.165, 1.54) is 0 Å². The molecule has 3 aromatic rings. The topological polar surface area (TPSA) is 71.5 Å². The molecule has 0 unspecified atom stereocenters. The van der Waals surface area contributed by atoms with Crippen molar-refractivity contribution in [3.63, 3.8) is 0 Å². The van der Waals surface area contributed by atoms with Crippen molar-refractivity contribution in [2.24, 2.45) is 0 Å². The molecule has 0 radical (unpaired) electrons. The van der Waals surface area contributed by atoms with Gasteiger partial charge in [-0.25, -0.2) is 9.97 Å². The number of hydrogen-bond donors (Lipinski definition) is 1. The van der Waals surface area contributed by atoms with Crippen molar-refractivity contribution in [3.8, 4) is 0 Å². The van der Waals surface area contributed by atoms with Crippen LogP contribution >= 0.6 is 0 Å². The molecule has 0 aromatic carbocycles. The lowest BCUT2D eigenvalue weighted by molar-refractivity contribution is 1.01. The summed E-state index contributed by atoms with van der Waals surface area (Å²) < 4.78 is 0. The molecule has 0 aliphatic rings. The van der Waals surface area contributed by atoms with Crippen molar-refractivity contribution in [1.82, 2.24) is 19.9 Å². The number of hydrogen-bond acceptors (Lipinski definition) is 4. The van der Waals surface area contributed by atoms with Gasteiger partial charge in [0.05, 0.1) is 0 Å². The van der Waals surface area contributed by atoms with Gasteiger partial charge in [0.15, 0.2) is 5.65 Å². The molecule has 5 nitrogen and oxygen atoms in total. The first kappa shape index (κ1) is 10.6. The number of H-pyrrole nitrogens is 1. The lowest BCUT2D eigenvalue weighted by Crippen LogP contribution is -2.16. The van der Waals surface area contributed by atoms with Gasteiger partial charge in [-0.1, -0.05) is 6.07 Å². The maximum atomic E-state index is 11.9. The molecule has 18 heavy (non-hydrogen) atoms. The summed E-state index contributed by atoms with van der Waals surface area (Å²) in [6.45, 7) is 0. The van der Waals surface area contributed by atoms with E-state index in [0.717, 1.165) is 5.56 Å². The molecular weight excluding hydrogens is 228 g/mol. The zero-order valence-electron chi connectivity index (χ0n) is 9.50. The second-order valence-electron chi connectivity index (χ2n) is 3.92. The number of nitrogens with one attached hydrogen (secondary N) is 1. The summed E-state index contributed by atoms with van der Waals surface area (Å²) in [7, 11) is 0. The Labute approximate surface area is 103 Å². The highest BCUT2D eigenvalue weighted by Crippen LogP contribution is 2.06. The first-order valence-corrected chi connectivity index (χ1v) is 5.56. The lowest BCUT2D eigenvalue weighted by Gasteiger charge is -2.01. The van der Waals surface area contributed by atoms with E-state index in [1.807, 2.05) is 18.2 Å². The second kappa shape index (κ2) is 4.37. The zero-order valence-corrected chi connectivity index (χ0v) is 9.50. The number of rotatable bonds is 2. The Balaban J connectivity index is 2.07. The Morgan fingerprint density at radius 1 is 1.17 bits per heavy atom. The van der Waals surface area contributed by atoms with E-state index in [1.54, 1.807) is 24.7 Å². The monoisotopic (exact) mass is 238 g/mol. The highest BCUT2D eigenvalue weighted by molar-refractivity contribution is 5.68. The van der Waals surface area contributed by atoms with Gasteiger partial charge in [-0.3, -0.25) is 9.78 Å². The van der Waals surface area contributed by atoms with E-state index in [2.05, 4.69) is 19.9 Å². The van der Waals surface area contributed by atoms with Gasteiger partial charge in [0.2, 0.25) is 0 Å². The van der Waals surface area contributed by atoms with E-state index in [9.17, 15) is 4.79 Å². The Hall–Kier alpha value is -2.56. The first-order valence-electron chi connectivity index (χ1n) is 5.56. The zero-order chi connectivity index (χ0) is 12.4. The van der Waals surface area contributed by atoms with Crippen molar-refractivity contribution in [2.45, 2.75) is 6.42 Å². The first-order chi connectivity index (χ1) is 8.83. The van der Waals surface area contributed by atoms with Crippen molar-refractivity contribution < 1.29 is 0 Å². The van der Waals surface area contributed by atoms with E-state index in [0.29, 0.717) is 23.3 Å². The number of pyridine rings is 2. The van der Waals surface area contributed by atoms with Crippen LogP contribution in [-0.4, -0.2) is 19.9 Å². The molecule has 3 heterocycles. The van der Waals surface area contributed by atoms with Gasteiger partial charge < -0.3 is 4.98 Å². The van der Waals surface area contributed by atoms with Crippen LogP contribution in [0.4, 0.5) is 0 Å². The van der Waals surface area contributed by atoms with Crippen LogP contribution in [0.3, 0.4) is 0 Å². The minimum Gasteiger partial charge on any atom is -0.304 e. The maximum Gasteiger partial charge on any atom is 0.271 e. The number of fused-ring (bicyclic) bond motifs is 1. The smallest absolute Gasteiger partial charge is 0.271 e. The molecule has 0 atom stereocenters. The average molecular weight is 238 g/mol. The van der Waals surface area contributed by atoms with Gasteiger partial charge in [-0.05, 0) is 23.8 Å². The third-order valence-electron chi connectivity index (χ3n) is 2.63. The van der Waals surface area contributed by atoms with Crippen LogP contribution in [0.5, 0.6) is 0 Å². The van der Waals surface area contributed by atoms with E-state index in [-0.39, 0.29) is 5.56 Å². The summed E-state index contributed by atoms with van der Waals surface area (Å²) in [5.74, 6) is 0. The van der Waals surface area contributed by atoms with Crippen LogP contribution in [0, 0.1) is 0 Å². The SMILES string of the molecule is O=c1[nH]c2ncccc2nc1Cc1cccnc1. The normalized spacial score (nSPS) is 10.7. The summed E-state index contributed by atoms with van der Waals surface area (Å²) >= 11 is 0. The Bertz CT molecular complexity index is 737. The molecule has 0 saturated carbocycles. The Morgan fingerprint density at radius 3 is 2.89 bits per heavy atom. The second-order valence-corrected chi connectivity index (χ2v) is 3.92. The minimum atomic E-state index is -0.204. The molecule has 88 valence electrons. The van der Waals surface area contributed by atoms with Gasteiger partial charge in [-0.15, -0.1) is 0 Å². The molecule has 0 bridgehead atoms. The highest BCUT2D eigenvalue weighted by Gasteiger charge is 2.06. The summed E-state index contributed by atoms with van der Waals surface area (Å²) in [5.41, 5.74) is 2.43. The predicted octanol–water partition coefficient (Wildman–Crippen LogP) is 1.30. The van der Waals surface area contributed by atoms with E-state index in [4.69, 9.17) is 0 Å². The largest absolute Gasteiger partial charge is 0.304 e. The molecule has 3 rings (SSSR count). The Morgan fingerprint density at radius 2 is 2.06 bits per heavy atom. The van der Waals surface area contributed by atoms with Gasteiger partial charge in [-0.2, -0.15) is 0 Å².